The molecule has 0 aliphatic rings. The van der Waals surface area contributed by atoms with Crippen molar-refractivity contribution in [1.82, 2.24) is 24.9 Å². The zero-order valence-corrected chi connectivity index (χ0v) is 11.5. The zero-order valence-electron chi connectivity index (χ0n) is 11.5. The molecule has 0 amide bonds. The first-order chi connectivity index (χ1) is 10.0. The first kappa shape index (κ1) is 13.1. The number of imidazole rings is 1. The molecule has 0 saturated heterocycles. The van der Waals surface area contributed by atoms with Gasteiger partial charge in [0, 0.05) is 11.6 Å². The van der Waals surface area contributed by atoms with Crippen LogP contribution in [0.1, 0.15) is 25.6 Å². The Morgan fingerprint density at radius 2 is 1.90 bits per heavy atom. The van der Waals surface area contributed by atoms with Crippen LogP contribution in [0, 0.1) is 0 Å². The summed E-state index contributed by atoms with van der Waals surface area (Å²) in [5.74, 6) is 0.826. The van der Waals surface area contributed by atoms with E-state index in [0.29, 0.717) is 22.5 Å². The monoisotopic (exact) mass is 286 g/mol. The van der Waals surface area contributed by atoms with Gasteiger partial charge in [0.15, 0.2) is 0 Å². The largest absolute Gasteiger partial charge is 0.479 e. The lowest BCUT2D eigenvalue weighted by Crippen LogP contribution is -2.04. The van der Waals surface area contributed by atoms with Gasteiger partial charge in [-0.15, -0.1) is 0 Å². The Morgan fingerprint density at radius 1 is 1.14 bits per heavy atom. The van der Waals surface area contributed by atoms with Crippen molar-refractivity contribution >= 4 is 22.7 Å². The summed E-state index contributed by atoms with van der Waals surface area (Å²) in [6.07, 6.45) is 0. The SMILES string of the molecule is CC(C)c1nc(O)nc(Nc2ccc3[nH]c(=O)[nH]c3c2)n1. The molecule has 0 aliphatic heterocycles. The number of benzene rings is 1. The third-order valence-corrected chi connectivity index (χ3v) is 2.93. The lowest BCUT2D eigenvalue weighted by Gasteiger charge is -2.08. The van der Waals surface area contributed by atoms with E-state index in [1.54, 1.807) is 18.2 Å². The molecule has 3 rings (SSSR count). The Balaban J connectivity index is 1.95. The summed E-state index contributed by atoms with van der Waals surface area (Å²) in [5.41, 5.74) is 1.82. The maximum Gasteiger partial charge on any atom is 0.323 e. The van der Waals surface area contributed by atoms with Crippen LogP contribution in [-0.2, 0) is 0 Å². The van der Waals surface area contributed by atoms with Crippen molar-refractivity contribution in [2.24, 2.45) is 0 Å². The summed E-state index contributed by atoms with van der Waals surface area (Å²) in [6, 6.07) is 4.97. The zero-order chi connectivity index (χ0) is 15.0. The Morgan fingerprint density at radius 3 is 2.67 bits per heavy atom. The number of nitrogens with zero attached hydrogens (tertiary/aromatic N) is 3. The van der Waals surface area contributed by atoms with E-state index in [9.17, 15) is 9.90 Å². The molecule has 21 heavy (non-hydrogen) atoms. The van der Waals surface area contributed by atoms with Crippen molar-refractivity contribution in [3.05, 3.63) is 34.5 Å². The molecule has 1 aromatic carbocycles. The molecule has 3 aromatic rings. The van der Waals surface area contributed by atoms with E-state index in [1.165, 1.54) is 0 Å². The van der Waals surface area contributed by atoms with Crippen LogP contribution < -0.4 is 11.0 Å². The van der Waals surface area contributed by atoms with Crippen LogP contribution in [0.3, 0.4) is 0 Å². The first-order valence-electron chi connectivity index (χ1n) is 6.45. The number of nitrogens with one attached hydrogen (secondary N) is 3. The van der Waals surface area contributed by atoms with E-state index < -0.39 is 0 Å². The van der Waals surface area contributed by atoms with Crippen molar-refractivity contribution in [2.45, 2.75) is 19.8 Å². The van der Waals surface area contributed by atoms with Gasteiger partial charge in [-0.25, -0.2) is 4.79 Å². The minimum Gasteiger partial charge on any atom is -0.479 e. The Labute approximate surface area is 119 Å². The molecule has 0 saturated carbocycles. The average molecular weight is 286 g/mol. The lowest BCUT2D eigenvalue weighted by molar-refractivity contribution is 0.424. The summed E-state index contributed by atoms with van der Waals surface area (Å²) in [4.78, 5) is 28.5. The van der Waals surface area contributed by atoms with Crippen LogP contribution in [-0.4, -0.2) is 30.0 Å². The fraction of sp³-hybridized carbons (Fsp3) is 0.231. The van der Waals surface area contributed by atoms with Gasteiger partial charge >= 0.3 is 11.7 Å². The van der Waals surface area contributed by atoms with E-state index in [1.807, 2.05) is 13.8 Å². The number of fused-ring (bicyclic) bond motifs is 1. The van der Waals surface area contributed by atoms with Crippen molar-refractivity contribution in [3.63, 3.8) is 0 Å². The van der Waals surface area contributed by atoms with Gasteiger partial charge in [-0.1, -0.05) is 13.8 Å². The molecule has 2 aromatic heterocycles. The molecule has 0 radical (unpaired) electrons. The molecule has 0 bridgehead atoms. The number of aromatic hydroxyl groups is 1. The highest BCUT2D eigenvalue weighted by Gasteiger charge is 2.09. The number of aromatic amines is 2. The van der Waals surface area contributed by atoms with E-state index in [4.69, 9.17) is 0 Å². The predicted molar refractivity (Wildman–Crippen MR) is 77.8 cm³/mol. The van der Waals surface area contributed by atoms with E-state index in [2.05, 4.69) is 30.2 Å². The molecule has 0 atom stereocenters. The van der Waals surface area contributed by atoms with Gasteiger partial charge in [0.1, 0.15) is 5.82 Å². The topological polar surface area (TPSA) is 120 Å². The number of hydrogen-bond acceptors (Lipinski definition) is 6. The fourth-order valence-corrected chi connectivity index (χ4v) is 1.93. The molecule has 0 fully saturated rings. The molecule has 0 spiro atoms. The average Bonchev–Trinajstić information content (AvgIpc) is 2.77. The molecule has 8 heteroatoms. The number of hydrogen-bond donors (Lipinski definition) is 4. The Kier molecular flexibility index (Phi) is 3.05. The standard InChI is InChI=1S/C13H14N6O2/c1-6(2)10-17-11(19-13(21)18-10)14-7-3-4-8-9(5-7)16-12(20)15-8/h3-6H,1-2H3,(H2,15,16,20)(H2,14,17,18,19,21). The highest BCUT2D eigenvalue weighted by Crippen LogP contribution is 2.20. The highest BCUT2D eigenvalue weighted by atomic mass is 16.3. The number of anilines is 2. The summed E-state index contributed by atoms with van der Waals surface area (Å²) in [6.45, 7) is 3.85. The van der Waals surface area contributed by atoms with Crippen LogP contribution >= 0.6 is 0 Å². The molecule has 108 valence electrons. The minimum absolute atomic E-state index is 0.0722. The van der Waals surface area contributed by atoms with Gasteiger partial charge in [0.25, 0.3) is 0 Å². The van der Waals surface area contributed by atoms with Gasteiger partial charge in [-0.3, -0.25) is 0 Å². The van der Waals surface area contributed by atoms with Crippen molar-refractivity contribution < 1.29 is 5.11 Å². The Hall–Kier alpha value is -2.90. The third-order valence-electron chi connectivity index (χ3n) is 2.93. The first-order valence-corrected chi connectivity index (χ1v) is 6.45. The van der Waals surface area contributed by atoms with Gasteiger partial charge in [-0.05, 0) is 18.2 Å². The molecular formula is C13H14N6O2. The summed E-state index contributed by atoms with van der Waals surface area (Å²) < 4.78 is 0. The second kappa shape index (κ2) is 4.89. The molecule has 2 heterocycles. The molecular weight excluding hydrogens is 272 g/mol. The molecule has 0 unspecified atom stereocenters. The van der Waals surface area contributed by atoms with Crippen LogP contribution in [0.15, 0.2) is 23.0 Å². The van der Waals surface area contributed by atoms with Gasteiger partial charge in [-0.2, -0.15) is 15.0 Å². The molecule has 8 nitrogen and oxygen atoms in total. The number of rotatable bonds is 3. The molecule has 4 N–H and O–H groups in total. The van der Waals surface area contributed by atoms with Crippen molar-refractivity contribution in [3.8, 4) is 6.01 Å². The summed E-state index contributed by atoms with van der Waals surface area (Å²) in [7, 11) is 0. The van der Waals surface area contributed by atoms with Gasteiger partial charge in [0.2, 0.25) is 5.95 Å². The van der Waals surface area contributed by atoms with E-state index in [-0.39, 0.29) is 23.6 Å². The smallest absolute Gasteiger partial charge is 0.323 e. The van der Waals surface area contributed by atoms with Crippen molar-refractivity contribution in [1.29, 1.82) is 0 Å². The normalized spacial score (nSPS) is 11.2. The second-order valence-electron chi connectivity index (χ2n) is 4.94. The quantitative estimate of drug-likeness (QED) is 0.580. The van der Waals surface area contributed by atoms with Gasteiger partial charge < -0.3 is 20.4 Å². The fourth-order valence-electron chi connectivity index (χ4n) is 1.93. The van der Waals surface area contributed by atoms with Crippen molar-refractivity contribution in [2.75, 3.05) is 5.32 Å². The minimum atomic E-state index is -0.327. The van der Waals surface area contributed by atoms with Crippen LogP contribution in [0.2, 0.25) is 0 Å². The lowest BCUT2D eigenvalue weighted by atomic mass is 10.2. The summed E-state index contributed by atoms with van der Waals surface area (Å²) in [5, 5.41) is 12.5. The summed E-state index contributed by atoms with van der Waals surface area (Å²) >= 11 is 0. The predicted octanol–water partition coefficient (Wildman–Crippen LogP) is 1.61. The number of H-pyrrole nitrogens is 2. The molecule has 0 aliphatic carbocycles. The Bertz CT molecular complexity index is 851. The highest BCUT2D eigenvalue weighted by molar-refractivity contribution is 5.79. The van der Waals surface area contributed by atoms with Crippen LogP contribution in [0.5, 0.6) is 6.01 Å². The van der Waals surface area contributed by atoms with Gasteiger partial charge in [0.05, 0.1) is 11.0 Å². The number of aromatic nitrogens is 5. The second-order valence-corrected chi connectivity index (χ2v) is 4.94. The van der Waals surface area contributed by atoms with Crippen LogP contribution in [0.4, 0.5) is 11.6 Å². The van der Waals surface area contributed by atoms with E-state index in [0.717, 1.165) is 0 Å². The maximum atomic E-state index is 11.2. The third kappa shape index (κ3) is 2.69. The van der Waals surface area contributed by atoms with Crippen LogP contribution in [0.25, 0.3) is 11.0 Å². The maximum absolute atomic E-state index is 11.2. The van der Waals surface area contributed by atoms with E-state index >= 15 is 0 Å².